The van der Waals surface area contributed by atoms with Crippen LogP contribution in [-0.2, 0) is 6.42 Å². The minimum Gasteiger partial charge on any atom is -0.507 e. The van der Waals surface area contributed by atoms with Gasteiger partial charge >= 0.3 is 0 Å². The number of benzene rings is 1. The number of hydrogen-bond donors (Lipinski definition) is 3. The lowest BCUT2D eigenvalue weighted by Gasteiger charge is -1.98. The fourth-order valence-electron chi connectivity index (χ4n) is 1.59. The smallest absolute Gasteiger partial charge is 0.125 e. The van der Waals surface area contributed by atoms with Crippen molar-refractivity contribution in [1.29, 1.82) is 0 Å². The Morgan fingerprint density at radius 1 is 1.33 bits per heavy atom. The average molecular weight is 206 g/mol. The minimum atomic E-state index is 0.321. The topological polar surface area (TPSA) is 62.0 Å². The van der Waals surface area contributed by atoms with Gasteiger partial charge in [0, 0.05) is 17.1 Å². The van der Waals surface area contributed by atoms with Crippen LogP contribution in [0.25, 0.3) is 10.9 Å². The van der Waals surface area contributed by atoms with Gasteiger partial charge in [-0.05, 0) is 30.7 Å². The second-order valence-electron chi connectivity index (χ2n) is 3.05. The van der Waals surface area contributed by atoms with E-state index in [-0.39, 0.29) is 0 Å². The van der Waals surface area contributed by atoms with Gasteiger partial charge in [-0.15, -0.1) is 0 Å². The van der Waals surface area contributed by atoms with E-state index in [0.717, 1.165) is 22.9 Å². The third-order valence-corrected chi connectivity index (χ3v) is 2.18. The Morgan fingerprint density at radius 3 is 2.73 bits per heavy atom. The molecule has 0 aliphatic rings. The highest BCUT2D eigenvalue weighted by molar-refractivity contribution is 5.88. The van der Waals surface area contributed by atoms with Gasteiger partial charge in [0.25, 0.3) is 0 Å². The molecule has 0 amide bonds. The van der Waals surface area contributed by atoms with Crippen LogP contribution in [0, 0.1) is 0 Å². The molecule has 0 unspecified atom stereocenters. The van der Waals surface area contributed by atoms with E-state index < -0.39 is 0 Å². The predicted molar refractivity (Wildman–Crippen MR) is 64.1 cm³/mol. The Morgan fingerprint density at radius 2 is 2.07 bits per heavy atom. The molecule has 15 heavy (non-hydrogen) atoms. The SMILES string of the molecule is CC.NCCc1c[nH]c2cccc(O)c12. The highest BCUT2D eigenvalue weighted by Gasteiger charge is 2.05. The molecule has 1 heterocycles. The number of phenolic OH excluding ortho intramolecular Hbond substituents is 1. The van der Waals surface area contributed by atoms with E-state index in [4.69, 9.17) is 5.73 Å². The van der Waals surface area contributed by atoms with Gasteiger partial charge in [-0.2, -0.15) is 0 Å². The first-order chi connectivity index (χ1) is 7.33. The average Bonchev–Trinajstić information content (AvgIpc) is 2.67. The van der Waals surface area contributed by atoms with Gasteiger partial charge in [-0.3, -0.25) is 0 Å². The van der Waals surface area contributed by atoms with Gasteiger partial charge in [0.15, 0.2) is 0 Å². The van der Waals surface area contributed by atoms with Crippen LogP contribution in [0.5, 0.6) is 5.75 Å². The summed E-state index contributed by atoms with van der Waals surface area (Å²) in [6.45, 7) is 4.60. The minimum absolute atomic E-state index is 0.321. The normalized spacial score (nSPS) is 9.80. The molecule has 2 aromatic rings. The Kier molecular flexibility index (Phi) is 4.18. The van der Waals surface area contributed by atoms with Crippen molar-refractivity contribution in [2.75, 3.05) is 6.54 Å². The Balaban J connectivity index is 0.000000531. The number of H-pyrrole nitrogens is 1. The molecule has 0 radical (unpaired) electrons. The summed E-state index contributed by atoms with van der Waals surface area (Å²) in [6.07, 6.45) is 2.69. The van der Waals surface area contributed by atoms with E-state index in [1.807, 2.05) is 32.2 Å². The molecule has 0 fully saturated rings. The number of hydrogen-bond acceptors (Lipinski definition) is 2. The van der Waals surface area contributed by atoms with Crippen molar-refractivity contribution in [1.82, 2.24) is 4.98 Å². The zero-order chi connectivity index (χ0) is 11.3. The van der Waals surface area contributed by atoms with E-state index in [1.165, 1.54) is 0 Å². The molecule has 3 heteroatoms. The van der Waals surface area contributed by atoms with E-state index in [1.54, 1.807) is 6.07 Å². The highest BCUT2D eigenvalue weighted by atomic mass is 16.3. The van der Waals surface area contributed by atoms with Gasteiger partial charge in [0.1, 0.15) is 5.75 Å². The van der Waals surface area contributed by atoms with E-state index in [9.17, 15) is 5.11 Å². The summed E-state index contributed by atoms with van der Waals surface area (Å²) in [5, 5.41) is 10.5. The predicted octanol–water partition coefficient (Wildman–Crippen LogP) is 2.40. The molecule has 0 saturated heterocycles. The lowest BCUT2D eigenvalue weighted by atomic mass is 10.1. The summed E-state index contributed by atoms with van der Waals surface area (Å²) in [5.74, 6) is 0.321. The van der Waals surface area contributed by atoms with Crippen LogP contribution >= 0.6 is 0 Å². The number of fused-ring (bicyclic) bond motifs is 1. The Bertz CT molecular complexity index is 420. The number of rotatable bonds is 2. The summed E-state index contributed by atoms with van der Waals surface area (Å²) < 4.78 is 0. The lowest BCUT2D eigenvalue weighted by molar-refractivity contribution is 0.481. The second kappa shape index (κ2) is 5.41. The summed E-state index contributed by atoms with van der Waals surface area (Å²) in [4.78, 5) is 3.10. The molecule has 0 aliphatic heterocycles. The zero-order valence-electron chi connectivity index (χ0n) is 9.25. The van der Waals surface area contributed by atoms with Crippen LogP contribution in [0.1, 0.15) is 19.4 Å². The van der Waals surface area contributed by atoms with E-state index >= 15 is 0 Å². The van der Waals surface area contributed by atoms with Crippen molar-refractivity contribution in [2.45, 2.75) is 20.3 Å². The summed E-state index contributed by atoms with van der Waals surface area (Å²) in [7, 11) is 0. The van der Waals surface area contributed by atoms with Crippen LogP contribution in [-0.4, -0.2) is 16.6 Å². The van der Waals surface area contributed by atoms with Crippen LogP contribution in [0.4, 0.5) is 0 Å². The molecule has 0 aliphatic carbocycles. The van der Waals surface area contributed by atoms with Gasteiger partial charge in [-0.25, -0.2) is 0 Å². The summed E-state index contributed by atoms with van der Waals surface area (Å²) in [5.41, 5.74) is 7.51. The second-order valence-corrected chi connectivity index (χ2v) is 3.05. The molecular weight excluding hydrogens is 188 g/mol. The lowest BCUT2D eigenvalue weighted by Crippen LogP contribution is -2.01. The van der Waals surface area contributed by atoms with Crippen molar-refractivity contribution in [2.24, 2.45) is 5.73 Å². The number of aromatic nitrogens is 1. The molecule has 0 bridgehead atoms. The highest BCUT2D eigenvalue weighted by Crippen LogP contribution is 2.27. The Hall–Kier alpha value is -1.48. The van der Waals surface area contributed by atoms with Gasteiger partial charge in [-0.1, -0.05) is 19.9 Å². The van der Waals surface area contributed by atoms with E-state index in [0.29, 0.717) is 12.3 Å². The van der Waals surface area contributed by atoms with Gasteiger partial charge in [0.05, 0.1) is 0 Å². The first kappa shape index (κ1) is 11.6. The van der Waals surface area contributed by atoms with Gasteiger partial charge in [0.2, 0.25) is 0 Å². The number of phenols is 1. The molecular formula is C12H18N2O. The number of aromatic hydroxyl groups is 1. The number of aromatic amines is 1. The van der Waals surface area contributed by atoms with Crippen molar-refractivity contribution >= 4 is 10.9 Å². The van der Waals surface area contributed by atoms with Gasteiger partial charge < -0.3 is 15.8 Å². The molecule has 0 atom stereocenters. The van der Waals surface area contributed by atoms with Crippen molar-refractivity contribution < 1.29 is 5.11 Å². The number of nitrogens with one attached hydrogen (secondary N) is 1. The monoisotopic (exact) mass is 206 g/mol. The first-order valence-corrected chi connectivity index (χ1v) is 5.31. The van der Waals surface area contributed by atoms with Crippen LogP contribution in [0.2, 0.25) is 0 Å². The molecule has 1 aromatic carbocycles. The first-order valence-electron chi connectivity index (χ1n) is 5.31. The molecule has 2 rings (SSSR count). The standard InChI is InChI=1S/C10H12N2O.C2H6/c11-5-4-7-6-12-8-2-1-3-9(13)10(7)8;1-2/h1-3,6,12-13H,4-5,11H2;1-2H3. The zero-order valence-corrected chi connectivity index (χ0v) is 9.25. The maximum atomic E-state index is 9.61. The van der Waals surface area contributed by atoms with E-state index in [2.05, 4.69) is 4.98 Å². The van der Waals surface area contributed by atoms with Crippen molar-refractivity contribution in [3.63, 3.8) is 0 Å². The van der Waals surface area contributed by atoms with Crippen molar-refractivity contribution in [3.8, 4) is 5.75 Å². The molecule has 4 N–H and O–H groups in total. The number of nitrogens with two attached hydrogens (primary N) is 1. The molecule has 82 valence electrons. The van der Waals surface area contributed by atoms with Crippen molar-refractivity contribution in [3.05, 3.63) is 30.0 Å². The summed E-state index contributed by atoms with van der Waals surface area (Å²) in [6, 6.07) is 5.45. The molecule has 3 nitrogen and oxygen atoms in total. The molecule has 1 aromatic heterocycles. The maximum Gasteiger partial charge on any atom is 0.125 e. The molecule has 0 saturated carbocycles. The van der Waals surface area contributed by atoms with Crippen LogP contribution in [0.15, 0.2) is 24.4 Å². The van der Waals surface area contributed by atoms with Crippen LogP contribution < -0.4 is 5.73 Å². The fourth-order valence-corrected chi connectivity index (χ4v) is 1.59. The quantitative estimate of drug-likeness (QED) is 0.706. The fraction of sp³-hybridized carbons (Fsp3) is 0.333. The largest absolute Gasteiger partial charge is 0.507 e. The third kappa shape index (κ3) is 2.30. The Labute approximate surface area is 89.9 Å². The third-order valence-electron chi connectivity index (χ3n) is 2.18. The molecule has 0 spiro atoms. The van der Waals surface area contributed by atoms with Crippen LogP contribution in [0.3, 0.4) is 0 Å². The maximum absolute atomic E-state index is 9.61. The summed E-state index contributed by atoms with van der Waals surface area (Å²) >= 11 is 0.